The lowest BCUT2D eigenvalue weighted by Crippen LogP contribution is -2.11. The van der Waals surface area contributed by atoms with Gasteiger partial charge in [0.25, 0.3) is 5.91 Å². The summed E-state index contributed by atoms with van der Waals surface area (Å²) in [7, 11) is 0. The number of nitrogens with one attached hydrogen (secondary N) is 1. The third-order valence-electron chi connectivity index (χ3n) is 4.03. The van der Waals surface area contributed by atoms with Gasteiger partial charge in [-0.2, -0.15) is 0 Å². The van der Waals surface area contributed by atoms with Crippen molar-refractivity contribution < 1.29 is 14.3 Å². The number of hydrogen-bond donors (Lipinski definition) is 1. The molecular weight excluding hydrogens is 386 g/mol. The molecule has 2 aromatic heterocycles. The molecule has 3 aromatic rings. The number of esters is 1. The number of hydrogen-bond acceptors (Lipinski definition) is 5. The van der Waals surface area contributed by atoms with Crippen molar-refractivity contribution in [1.82, 2.24) is 9.55 Å². The predicted molar refractivity (Wildman–Crippen MR) is 108 cm³/mol. The molecule has 1 amide bonds. The number of ether oxygens (including phenoxy) is 1. The summed E-state index contributed by atoms with van der Waals surface area (Å²) in [6, 6.07) is 5.70. The Morgan fingerprint density at radius 2 is 2.15 bits per heavy atom. The predicted octanol–water partition coefficient (Wildman–Crippen LogP) is 4.69. The van der Waals surface area contributed by atoms with Gasteiger partial charge in [-0.3, -0.25) is 14.9 Å². The lowest BCUT2D eigenvalue weighted by atomic mass is 10.1. The van der Waals surface area contributed by atoms with Crippen LogP contribution in [0.4, 0.5) is 5.13 Å². The van der Waals surface area contributed by atoms with Crippen molar-refractivity contribution in [3.63, 3.8) is 0 Å². The van der Waals surface area contributed by atoms with Crippen LogP contribution < -0.4 is 5.32 Å². The van der Waals surface area contributed by atoms with Crippen LogP contribution in [-0.2, 0) is 16.0 Å². The summed E-state index contributed by atoms with van der Waals surface area (Å²) in [4.78, 5) is 28.0. The molecule has 2 heterocycles. The van der Waals surface area contributed by atoms with E-state index in [9.17, 15) is 9.59 Å². The number of carbonyl (C=O) groups excluding carboxylic acids is 2. The van der Waals surface area contributed by atoms with Crippen LogP contribution in [0.1, 0.15) is 42.9 Å². The Morgan fingerprint density at radius 1 is 1.37 bits per heavy atom. The minimum absolute atomic E-state index is 0.195. The number of fused-ring (bicyclic) bond motifs is 1. The van der Waals surface area contributed by atoms with Crippen LogP contribution in [0.3, 0.4) is 0 Å². The highest BCUT2D eigenvalue weighted by atomic mass is 35.5. The molecular formula is C19H20ClN3O3S. The molecule has 0 radical (unpaired) electrons. The summed E-state index contributed by atoms with van der Waals surface area (Å²) in [5.74, 6) is -0.539. The van der Waals surface area contributed by atoms with Gasteiger partial charge in [0.1, 0.15) is 0 Å². The lowest BCUT2D eigenvalue weighted by molar-refractivity contribution is -0.140. The Hall–Kier alpha value is -2.38. The Kier molecular flexibility index (Phi) is 5.82. The Morgan fingerprint density at radius 3 is 2.85 bits per heavy atom. The molecule has 0 fully saturated rings. The second-order valence-corrected chi connectivity index (χ2v) is 7.69. The average molecular weight is 406 g/mol. The normalized spacial score (nSPS) is 11.1. The Bertz CT molecular complexity index is 993. The maximum absolute atomic E-state index is 12.8. The van der Waals surface area contributed by atoms with Gasteiger partial charge in [0.15, 0.2) is 5.13 Å². The van der Waals surface area contributed by atoms with Crippen LogP contribution in [0.25, 0.3) is 10.9 Å². The summed E-state index contributed by atoms with van der Waals surface area (Å²) >= 11 is 7.47. The third-order valence-corrected chi connectivity index (χ3v) is 5.07. The number of anilines is 1. The monoisotopic (exact) mass is 405 g/mol. The SMILES string of the molecule is CC(=O)OCCc1csc(NC(=O)c2cn(C(C)C)c3cc(Cl)ccc23)n1. The number of nitrogens with zero attached hydrogens (tertiary/aromatic N) is 2. The molecule has 0 saturated heterocycles. The van der Waals surface area contributed by atoms with Gasteiger partial charge in [-0.05, 0) is 26.0 Å². The van der Waals surface area contributed by atoms with Crippen molar-refractivity contribution in [1.29, 1.82) is 0 Å². The van der Waals surface area contributed by atoms with Crippen molar-refractivity contribution in [3.8, 4) is 0 Å². The van der Waals surface area contributed by atoms with Crippen molar-refractivity contribution in [2.24, 2.45) is 0 Å². The lowest BCUT2D eigenvalue weighted by Gasteiger charge is -2.08. The summed E-state index contributed by atoms with van der Waals surface area (Å²) in [5, 5.41) is 6.68. The zero-order valence-corrected chi connectivity index (χ0v) is 16.9. The van der Waals surface area contributed by atoms with E-state index in [1.165, 1.54) is 18.3 Å². The van der Waals surface area contributed by atoms with E-state index >= 15 is 0 Å². The van der Waals surface area contributed by atoms with Crippen LogP contribution in [0.2, 0.25) is 5.02 Å². The molecule has 0 spiro atoms. The molecule has 0 aliphatic rings. The van der Waals surface area contributed by atoms with Crippen LogP contribution in [0, 0.1) is 0 Å². The molecule has 3 rings (SSSR count). The number of thiazole rings is 1. The molecule has 1 aromatic carbocycles. The maximum atomic E-state index is 12.8. The van der Waals surface area contributed by atoms with Crippen LogP contribution in [0.15, 0.2) is 29.8 Å². The summed E-state index contributed by atoms with van der Waals surface area (Å²) < 4.78 is 6.94. The molecule has 0 bridgehead atoms. The van der Waals surface area contributed by atoms with Gasteiger partial charge < -0.3 is 9.30 Å². The molecule has 0 aliphatic carbocycles. The van der Waals surface area contributed by atoms with Crippen molar-refractivity contribution >= 4 is 50.8 Å². The fraction of sp³-hybridized carbons (Fsp3) is 0.316. The second-order valence-electron chi connectivity index (χ2n) is 6.39. The first kappa shape index (κ1) is 19.4. The van der Waals surface area contributed by atoms with Crippen molar-refractivity contribution in [2.45, 2.75) is 33.2 Å². The van der Waals surface area contributed by atoms with Gasteiger partial charge in [0.05, 0.1) is 23.4 Å². The first-order chi connectivity index (χ1) is 12.8. The van der Waals surface area contributed by atoms with E-state index in [4.69, 9.17) is 16.3 Å². The van der Waals surface area contributed by atoms with E-state index in [1.54, 1.807) is 6.07 Å². The number of aromatic nitrogens is 2. The van der Waals surface area contributed by atoms with E-state index in [2.05, 4.69) is 24.1 Å². The highest BCUT2D eigenvalue weighted by Gasteiger charge is 2.18. The van der Waals surface area contributed by atoms with E-state index < -0.39 is 0 Å². The molecule has 0 atom stereocenters. The van der Waals surface area contributed by atoms with E-state index in [1.807, 2.05) is 28.3 Å². The zero-order chi connectivity index (χ0) is 19.6. The molecule has 8 heteroatoms. The fourth-order valence-electron chi connectivity index (χ4n) is 2.78. The van der Waals surface area contributed by atoms with Crippen molar-refractivity contribution in [2.75, 3.05) is 11.9 Å². The number of benzene rings is 1. The average Bonchev–Trinajstić information content (AvgIpc) is 3.18. The minimum atomic E-state index is -0.319. The number of carbonyl (C=O) groups is 2. The summed E-state index contributed by atoms with van der Waals surface area (Å²) in [5.41, 5.74) is 2.27. The first-order valence-corrected chi connectivity index (χ1v) is 9.80. The Labute approximate surface area is 166 Å². The molecule has 6 nitrogen and oxygen atoms in total. The zero-order valence-electron chi connectivity index (χ0n) is 15.3. The van der Waals surface area contributed by atoms with Crippen LogP contribution in [-0.4, -0.2) is 28.0 Å². The van der Waals surface area contributed by atoms with Crippen LogP contribution >= 0.6 is 22.9 Å². The van der Waals surface area contributed by atoms with Gasteiger partial charge in [0.2, 0.25) is 0 Å². The molecule has 27 heavy (non-hydrogen) atoms. The van der Waals surface area contributed by atoms with Crippen molar-refractivity contribution in [3.05, 3.63) is 46.1 Å². The smallest absolute Gasteiger partial charge is 0.302 e. The minimum Gasteiger partial charge on any atom is -0.465 e. The van der Waals surface area contributed by atoms with Gasteiger partial charge >= 0.3 is 5.97 Å². The molecule has 0 aliphatic heterocycles. The number of rotatable bonds is 6. The first-order valence-electron chi connectivity index (χ1n) is 8.54. The second kappa shape index (κ2) is 8.10. The largest absolute Gasteiger partial charge is 0.465 e. The molecule has 142 valence electrons. The fourth-order valence-corrected chi connectivity index (χ4v) is 3.68. The van der Waals surface area contributed by atoms with E-state index in [-0.39, 0.29) is 24.5 Å². The molecule has 0 unspecified atom stereocenters. The summed E-state index contributed by atoms with van der Waals surface area (Å²) in [6.45, 7) is 5.75. The van der Waals surface area contributed by atoms with Gasteiger partial charge in [-0.25, -0.2) is 4.98 Å². The Balaban J connectivity index is 1.79. The van der Waals surface area contributed by atoms with Gasteiger partial charge in [0, 0.05) is 41.4 Å². The maximum Gasteiger partial charge on any atom is 0.302 e. The molecule has 0 saturated carbocycles. The van der Waals surface area contributed by atoms with E-state index in [0.29, 0.717) is 22.1 Å². The van der Waals surface area contributed by atoms with Crippen LogP contribution in [0.5, 0.6) is 0 Å². The quantitative estimate of drug-likeness (QED) is 0.604. The number of halogens is 1. The molecule has 1 N–H and O–H groups in total. The third kappa shape index (κ3) is 4.48. The standard InChI is InChI=1S/C19H20ClN3O3S/c1-11(2)23-9-16(15-5-4-13(20)8-17(15)23)18(25)22-19-21-14(10-27-19)6-7-26-12(3)24/h4-5,8-11H,6-7H2,1-3H3,(H,21,22,25). The highest BCUT2D eigenvalue weighted by molar-refractivity contribution is 7.14. The summed E-state index contributed by atoms with van der Waals surface area (Å²) in [6.07, 6.45) is 2.35. The number of amides is 1. The topological polar surface area (TPSA) is 73.2 Å². The van der Waals surface area contributed by atoms with E-state index in [0.717, 1.165) is 16.6 Å². The van der Waals surface area contributed by atoms with Gasteiger partial charge in [-0.15, -0.1) is 11.3 Å². The highest BCUT2D eigenvalue weighted by Crippen LogP contribution is 2.28. The van der Waals surface area contributed by atoms with Gasteiger partial charge in [-0.1, -0.05) is 17.7 Å².